The molecule has 3 nitrogen and oxygen atoms in total. The maximum atomic E-state index is 12.0. The van der Waals surface area contributed by atoms with Crippen LogP contribution in [0.3, 0.4) is 0 Å². The summed E-state index contributed by atoms with van der Waals surface area (Å²) in [7, 11) is -3.63. The molecule has 0 saturated heterocycles. The van der Waals surface area contributed by atoms with Crippen molar-refractivity contribution in [1.82, 2.24) is 0 Å². The van der Waals surface area contributed by atoms with Crippen LogP contribution < -0.4 is 2.52 Å². The Morgan fingerprint density at radius 3 is 2.76 bits per heavy atom. The van der Waals surface area contributed by atoms with Gasteiger partial charge in [-0.25, -0.2) is 10.9 Å². The lowest BCUT2D eigenvalue weighted by molar-refractivity contribution is 0.596. The summed E-state index contributed by atoms with van der Waals surface area (Å²) >= 11 is 7.49. The highest BCUT2D eigenvalue weighted by Gasteiger charge is 2.28. The molecule has 1 rings (SSSR count). The van der Waals surface area contributed by atoms with E-state index in [4.69, 9.17) is 18.0 Å². The second-order valence-electron chi connectivity index (χ2n) is 3.42. The highest BCUT2D eigenvalue weighted by molar-refractivity contribution is 14.1. The summed E-state index contributed by atoms with van der Waals surface area (Å²) in [6, 6.07) is 7.15. The van der Waals surface area contributed by atoms with Gasteiger partial charge in [-0.3, -0.25) is 0 Å². The first-order chi connectivity index (χ1) is 7.89. The van der Waals surface area contributed by atoms with Crippen LogP contribution in [0.2, 0.25) is 0 Å². The molecule has 1 atom stereocenters. The molecule has 0 N–H and O–H groups in total. The van der Waals surface area contributed by atoms with Crippen molar-refractivity contribution in [2.75, 3.05) is 2.52 Å². The minimum Gasteiger partial charge on any atom is -0.208 e. The van der Waals surface area contributed by atoms with Crippen molar-refractivity contribution in [3.8, 4) is 12.3 Å². The molecule has 0 radical (unpaired) electrons. The lowest BCUT2D eigenvalue weighted by Gasteiger charge is -2.19. The molecular formula is C11H11ClINO2S. The van der Waals surface area contributed by atoms with Crippen molar-refractivity contribution >= 4 is 50.2 Å². The van der Waals surface area contributed by atoms with Crippen molar-refractivity contribution in [3.63, 3.8) is 0 Å². The fourth-order valence-corrected chi connectivity index (χ4v) is 3.95. The quantitative estimate of drug-likeness (QED) is 0.347. The smallest absolute Gasteiger partial charge is 0.208 e. The standard InChI is InChI=1S/C11H11ClINO2S/c1-3-5-11(12)17(15,16)14(13)10-7-4-6-9(2)8-10/h1,4,6-8,11H,5H2,2H3. The first kappa shape index (κ1) is 14.6. The van der Waals surface area contributed by atoms with Crippen molar-refractivity contribution in [2.24, 2.45) is 0 Å². The Morgan fingerprint density at radius 1 is 1.59 bits per heavy atom. The third-order valence-corrected chi connectivity index (χ3v) is 6.53. The van der Waals surface area contributed by atoms with E-state index in [1.807, 2.05) is 13.0 Å². The highest BCUT2D eigenvalue weighted by atomic mass is 127. The van der Waals surface area contributed by atoms with Crippen LogP contribution in [0, 0.1) is 19.3 Å². The largest absolute Gasteiger partial charge is 0.261 e. The summed E-state index contributed by atoms with van der Waals surface area (Å²) in [6.45, 7) is 1.89. The fraction of sp³-hybridized carbons (Fsp3) is 0.273. The molecule has 0 saturated carbocycles. The van der Waals surface area contributed by atoms with Crippen LogP contribution in [-0.2, 0) is 10.0 Å². The number of nitrogens with zero attached hydrogens (tertiary/aromatic N) is 1. The minimum absolute atomic E-state index is 0.0186. The van der Waals surface area contributed by atoms with Gasteiger partial charge in [0.2, 0.25) is 0 Å². The Balaban J connectivity index is 3.05. The zero-order valence-corrected chi connectivity index (χ0v) is 12.8. The predicted molar refractivity (Wildman–Crippen MR) is 79.7 cm³/mol. The first-order valence-electron chi connectivity index (χ1n) is 4.73. The monoisotopic (exact) mass is 383 g/mol. The molecular weight excluding hydrogens is 373 g/mol. The third-order valence-electron chi connectivity index (χ3n) is 2.03. The number of hydrogen-bond acceptors (Lipinski definition) is 2. The SMILES string of the molecule is C#CCC(Cl)S(=O)(=O)N(I)c1cccc(C)c1. The van der Waals surface area contributed by atoms with Gasteiger partial charge in [-0.1, -0.05) is 12.1 Å². The summed E-state index contributed by atoms with van der Waals surface area (Å²) in [5, 5.41) is 0. The van der Waals surface area contributed by atoms with E-state index in [2.05, 4.69) is 5.92 Å². The molecule has 0 fully saturated rings. The van der Waals surface area contributed by atoms with E-state index in [1.165, 1.54) is 0 Å². The van der Waals surface area contributed by atoms with Crippen LogP contribution in [0.15, 0.2) is 24.3 Å². The summed E-state index contributed by atoms with van der Waals surface area (Å²) in [6.07, 6.45) is 5.05. The van der Waals surface area contributed by atoms with E-state index in [0.29, 0.717) is 5.69 Å². The van der Waals surface area contributed by atoms with Crippen LogP contribution in [-0.4, -0.2) is 13.1 Å². The van der Waals surface area contributed by atoms with Gasteiger partial charge in [0.25, 0.3) is 10.0 Å². The molecule has 17 heavy (non-hydrogen) atoms. The van der Waals surface area contributed by atoms with E-state index in [-0.39, 0.29) is 6.42 Å². The molecule has 6 heteroatoms. The Morgan fingerprint density at radius 2 is 2.24 bits per heavy atom. The van der Waals surface area contributed by atoms with Crippen LogP contribution in [0.4, 0.5) is 5.69 Å². The molecule has 0 bridgehead atoms. The van der Waals surface area contributed by atoms with E-state index in [0.717, 1.165) is 8.08 Å². The van der Waals surface area contributed by atoms with Crippen molar-refractivity contribution < 1.29 is 8.42 Å². The number of benzene rings is 1. The maximum absolute atomic E-state index is 12.0. The van der Waals surface area contributed by atoms with Gasteiger partial charge in [-0.2, -0.15) is 0 Å². The summed E-state index contributed by atoms with van der Waals surface area (Å²) in [5.74, 6) is 2.25. The van der Waals surface area contributed by atoms with Gasteiger partial charge in [0.15, 0.2) is 4.71 Å². The molecule has 1 aromatic carbocycles. The Bertz CT molecular complexity index is 539. The highest BCUT2D eigenvalue weighted by Crippen LogP contribution is 2.27. The number of terminal acetylenes is 1. The van der Waals surface area contributed by atoms with Gasteiger partial charge >= 0.3 is 0 Å². The molecule has 0 amide bonds. The molecule has 0 aliphatic carbocycles. The average Bonchev–Trinajstić information content (AvgIpc) is 2.28. The Labute approximate surface area is 121 Å². The minimum atomic E-state index is -3.63. The van der Waals surface area contributed by atoms with Crippen molar-refractivity contribution in [1.29, 1.82) is 0 Å². The van der Waals surface area contributed by atoms with Gasteiger partial charge < -0.3 is 0 Å². The van der Waals surface area contributed by atoms with Gasteiger partial charge in [0.1, 0.15) is 0 Å². The summed E-state index contributed by atoms with van der Waals surface area (Å²) in [5.41, 5.74) is 1.54. The fourth-order valence-electron chi connectivity index (χ4n) is 1.18. The summed E-state index contributed by atoms with van der Waals surface area (Å²) < 4.78 is 24.1. The summed E-state index contributed by atoms with van der Waals surface area (Å²) in [4.78, 5) is 0. The Hall–Kier alpha value is -0.450. The molecule has 0 aromatic heterocycles. The van der Waals surface area contributed by atoms with Crippen LogP contribution in [0.25, 0.3) is 0 Å². The maximum Gasteiger partial charge on any atom is 0.261 e. The van der Waals surface area contributed by atoms with E-state index < -0.39 is 14.7 Å². The Kier molecular flexibility index (Phi) is 5.10. The van der Waals surface area contributed by atoms with E-state index in [9.17, 15) is 8.42 Å². The van der Waals surface area contributed by atoms with E-state index in [1.54, 1.807) is 41.1 Å². The number of alkyl halides is 1. The normalized spacial score (nSPS) is 12.8. The van der Waals surface area contributed by atoms with E-state index >= 15 is 0 Å². The zero-order chi connectivity index (χ0) is 13.1. The topological polar surface area (TPSA) is 37.4 Å². The number of aryl methyl sites for hydroxylation is 1. The number of hydrogen-bond donors (Lipinski definition) is 0. The molecule has 0 aliphatic rings. The second kappa shape index (κ2) is 5.94. The zero-order valence-electron chi connectivity index (χ0n) is 9.10. The van der Waals surface area contributed by atoms with Gasteiger partial charge in [0, 0.05) is 6.42 Å². The van der Waals surface area contributed by atoms with Crippen molar-refractivity contribution in [2.45, 2.75) is 18.1 Å². The predicted octanol–water partition coefficient (Wildman–Crippen LogP) is 3.07. The number of rotatable bonds is 4. The molecule has 0 aliphatic heterocycles. The van der Waals surface area contributed by atoms with Crippen LogP contribution >= 0.6 is 34.5 Å². The van der Waals surface area contributed by atoms with Gasteiger partial charge in [-0.05, 0) is 24.6 Å². The molecule has 0 heterocycles. The second-order valence-corrected chi connectivity index (χ2v) is 7.79. The number of halogens is 2. The van der Waals surface area contributed by atoms with Crippen LogP contribution in [0.5, 0.6) is 0 Å². The average molecular weight is 384 g/mol. The van der Waals surface area contributed by atoms with Crippen molar-refractivity contribution in [3.05, 3.63) is 29.8 Å². The number of sulfonamides is 1. The third kappa shape index (κ3) is 3.50. The first-order valence-corrected chi connectivity index (χ1v) is 7.64. The van der Waals surface area contributed by atoms with Gasteiger partial charge in [-0.15, -0.1) is 23.9 Å². The van der Waals surface area contributed by atoms with Crippen LogP contribution in [0.1, 0.15) is 12.0 Å². The molecule has 0 spiro atoms. The molecule has 92 valence electrons. The number of anilines is 1. The molecule has 1 unspecified atom stereocenters. The molecule has 1 aromatic rings. The van der Waals surface area contributed by atoms with Gasteiger partial charge in [0.05, 0.1) is 28.6 Å². The lowest BCUT2D eigenvalue weighted by atomic mass is 10.2. The lowest BCUT2D eigenvalue weighted by Crippen LogP contribution is -2.28.